The minimum Gasteiger partial charge on any atom is -0.341 e. The molecule has 216 valence electrons. The van der Waals surface area contributed by atoms with Crippen molar-refractivity contribution >= 4 is 39.1 Å². The van der Waals surface area contributed by atoms with E-state index < -0.39 is 33.0 Å². The van der Waals surface area contributed by atoms with Crippen LogP contribution >= 0.6 is 23.2 Å². The molecule has 0 radical (unpaired) electrons. The fourth-order valence-corrected chi connectivity index (χ4v) is 6.39. The van der Waals surface area contributed by atoms with Crippen molar-refractivity contribution in [3.8, 4) is 0 Å². The number of sulfonamides is 1. The highest BCUT2D eigenvalue weighted by Gasteiger charge is 2.39. The zero-order valence-corrected chi connectivity index (χ0v) is 24.4. The van der Waals surface area contributed by atoms with Crippen LogP contribution in [0.25, 0.3) is 0 Å². The lowest BCUT2D eigenvalue weighted by atomic mass is 9.77. The monoisotopic (exact) mass is 611 g/mol. The van der Waals surface area contributed by atoms with Crippen LogP contribution in [0.3, 0.4) is 0 Å². The van der Waals surface area contributed by atoms with Crippen LogP contribution in [-0.2, 0) is 33.0 Å². The standard InChI is InChI=1S/C26H31Cl2F4N3O3S/c1-17-15-34(11-12-35(17)39(4,37)38)10-9-25(2,19-6-8-21(27)22(28)14-19)24(36)33(3)16-18-5-7-20(23(29)13-18)26(30,31)32/h5-8,13-14,17H,9-12,15-16H2,1-4H3/t17-,25?/m0/s1. The number of amides is 1. The number of carbonyl (C=O) groups excluding carboxylic acids is 1. The molecule has 3 rings (SSSR count). The van der Waals surface area contributed by atoms with Gasteiger partial charge in [0, 0.05) is 39.3 Å². The largest absolute Gasteiger partial charge is 0.419 e. The molecule has 2 aromatic rings. The first-order chi connectivity index (χ1) is 17.9. The van der Waals surface area contributed by atoms with Gasteiger partial charge in [-0.05, 0) is 62.2 Å². The third kappa shape index (κ3) is 7.43. The average Bonchev–Trinajstić information content (AvgIpc) is 2.82. The number of benzene rings is 2. The second kappa shape index (κ2) is 11.9. The molecule has 0 saturated carbocycles. The van der Waals surface area contributed by atoms with Crippen molar-refractivity contribution in [1.82, 2.24) is 14.1 Å². The lowest BCUT2D eigenvalue weighted by Gasteiger charge is -2.40. The number of alkyl halides is 3. The molecule has 0 spiro atoms. The number of hydrogen-bond acceptors (Lipinski definition) is 4. The van der Waals surface area contributed by atoms with Gasteiger partial charge in [0.2, 0.25) is 15.9 Å². The van der Waals surface area contributed by atoms with Gasteiger partial charge in [-0.15, -0.1) is 0 Å². The van der Waals surface area contributed by atoms with E-state index in [2.05, 4.69) is 4.90 Å². The maximum Gasteiger partial charge on any atom is 0.419 e. The first kappa shape index (κ1) is 31.6. The van der Waals surface area contributed by atoms with E-state index in [9.17, 15) is 30.8 Å². The molecule has 0 aliphatic carbocycles. The van der Waals surface area contributed by atoms with E-state index in [1.165, 1.54) is 22.5 Å². The Kier molecular flexibility index (Phi) is 9.64. The molecule has 1 aliphatic rings. The van der Waals surface area contributed by atoms with Gasteiger partial charge in [0.15, 0.2) is 0 Å². The second-order valence-electron chi connectivity index (χ2n) is 10.2. The zero-order chi connectivity index (χ0) is 29.3. The highest BCUT2D eigenvalue weighted by molar-refractivity contribution is 7.88. The Morgan fingerprint density at radius 2 is 1.77 bits per heavy atom. The van der Waals surface area contributed by atoms with E-state index in [0.29, 0.717) is 49.3 Å². The molecule has 1 aliphatic heterocycles. The number of nitrogens with zero attached hydrogens (tertiary/aromatic N) is 3. The molecule has 1 saturated heterocycles. The van der Waals surface area contributed by atoms with Gasteiger partial charge in [-0.25, -0.2) is 12.8 Å². The summed E-state index contributed by atoms with van der Waals surface area (Å²) < 4.78 is 78.5. The van der Waals surface area contributed by atoms with Gasteiger partial charge in [0.1, 0.15) is 5.82 Å². The van der Waals surface area contributed by atoms with E-state index in [-0.39, 0.29) is 29.1 Å². The normalized spacial score (nSPS) is 19.1. The second-order valence-corrected chi connectivity index (χ2v) is 13.0. The molecular weight excluding hydrogens is 581 g/mol. The Labute approximate surface area is 236 Å². The van der Waals surface area contributed by atoms with Crippen LogP contribution < -0.4 is 0 Å². The number of carbonyl (C=O) groups is 1. The molecular formula is C26H31Cl2F4N3O3S. The fourth-order valence-electron chi connectivity index (χ4n) is 4.96. The van der Waals surface area contributed by atoms with Crippen molar-refractivity contribution in [2.45, 2.75) is 44.4 Å². The molecule has 0 aromatic heterocycles. The van der Waals surface area contributed by atoms with Crippen LogP contribution in [0.4, 0.5) is 17.6 Å². The smallest absolute Gasteiger partial charge is 0.341 e. The summed E-state index contributed by atoms with van der Waals surface area (Å²) in [4.78, 5) is 17.3. The summed E-state index contributed by atoms with van der Waals surface area (Å²) in [6, 6.07) is 7.25. The van der Waals surface area contributed by atoms with Crippen molar-refractivity contribution in [3.63, 3.8) is 0 Å². The number of likely N-dealkylation sites (N-methyl/N-ethyl adjacent to an activating group) is 1. The molecule has 2 aromatic carbocycles. The Hall–Kier alpha value is -1.92. The fraction of sp³-hybridized carbons (Fsp3) is 0.500. The first-order valence-electron chi connectivity index (χ1n) is 12.2. The van der Waals surface area contributed by atoms with E-state index in [4.69, 9.17) is 23.2 Å². The van der Waals surface area contributed by atoms with E-state index in [1.54, 1.807) is 25.1 Å². The average molecular weight is 613 g/mol. The maximum absolute atomic E-state index is 14.1. The Bertz CT molecular complexity index is 1330. The van der Waals surface area contributed by atoms with Crippen LogP contribution in [0.5, 0.6) is 0 Å². The predicted octanol–water partition coefficient (Wildman–Crippen LogP) is 5.42. The quantitative estimate of drug-likeness (QED) is 0.374. The minimum absolute atomic E-state index is 0.116. The third-order valence-electron chi connectivity index (χ3n) is 7.14. The van der Waals surface area contributed by atoms with Crippen molar-refractivity contribution < 1.29 is 30.8 Å². The van der Waals surface area contributed by atoms with Crippen molar-refractivity contribution in [2.75, 3.05) is 39.5 Å². The SMILES string of the molecule is C[C@H]1CN(CCC(C)(C(=O)N(C)Cc2ccc(C(F)(F)F)c(F)c2)c2ccc(Cl)c(Cl)c2)CCN1S(C)(=O)=O. The molecule has 1 fully saturated rings. The van der Waals surface area contributed by atoms with Crippen LogP contribution in [-0.4, -0.2) is 74.0 Å². The molecule has 1 unspecified atom stereocenters. The summed E-state index contributed by atoms with van der Waals surface area (Å²) in [5.41, 5.74) is -1.69. The molecule has 6 nitrogen and oxygen atoms in total. The van der Waals surface area contributed by atoms with E-state index >= 15 is 0 Å². The summed E-state index contributed by atoms with van der Waals surface area (Å²) >= 11 is 12.4. The summed E-state index contributed by atoms with van der Waals surface area (Å²) in [6.45, 7) is 5.23. The van der Waals surface area contributed by atoms with E-state index in [1.807, 2.05) is 6.92 Å². The van der Waals surface area contributed by atoms with Crippen molar-refractivity contribution in [1.29, 1.82) is 0 Å². The van der Waals surface area contributed by atoms with Crippen molar-refractivity contribution in [3.05, 3.63) is 69.0 Å². The maximum atomic E-state index is 14.1. The molecule has 1 amide bonds. The molecule has 0 bridgehead atoms. The van der Waals surface area contributed by atoms with Gasteiger partial charge in [0.25, 0.3) is 0 Å². The highest BCUT2D eigenvalue weighted by atomic mass is 35.5. The summed E-state index contributed by atoms with van der Waals surface area (Å²) in [5.74, 6) is -1.75. The molecule has 13 heteroatoms. The summed E-state index contributed by atoms with van der Waals surface area (Å²) in [6.07, 6.45) is -3.31. The molecule has 2 atom stereocenters. The molecule has 1 heterocycles. The van der Waals surface area contributed by atoms with Gasteiger partial charge < -0.3 is 9.80 Å². The summed E-state index contributed by atoms with van der Waals surface area (Å²) in [7, 11) is -1.83. The van der Waals surface area contributed by atoms with Crippen LogP contribution in [0.1, 0.15) is 37.0 Å². The van der Waals surface area contributed by atoms with Gasteiger partial charge in [0.05, 0.1) is 27.3 Å². The number of piperazine rings is 1. The minimum atomic E-state index is -4.82. The Balaban J connectivity index is 1.83. The lowest BCUT2D eigenvalue weighted by molar-refractivity contribution is -0.140. The zero-order valence-electron chi connectivity index (χ0n) is 22.0. The number of hydrogen-bond donors (Lipinski definition) is 0. The molecule has 0 N–H and O–H groups in total. The lowest BCUT2D eigenvalue weighted by Crippen LogP contribution is -2.54. The van der Waals surface area contributed by atoms with Crippen LogP contribution in [0.2, 0.25) is 10.0 Å². The summed E-state index contributed by atoms with van der Waals surface area (Å²) in [5, 5.41) is 0.575. The third-order valence-corrected chi connectivity index (χ3v) is 9.27. The molecule has 39 heavy (non-hydrogen) atoms. The Morgan fingerprint density at radius 3 is 2.31 bits per heavy atom. The van der Waals surface area contributed by atoms with Gasteiger partial charge >= 0.3 is 6.18 Å². The van der Waals surface area contributed by atoms with Gasteiger partial charge in [-0.3, -0.25) is 4.79 Å². The number of rotatable bonds is 8. The Morgan fingerprint density at radius 1 is 1.10 bits per heavy atom. The topological polar surface area (TPSA) is 60.9 Å². The predicted molar refractivity (Wildman–Crippen MR) is 144 cm³/mol. The highest BCUT2D eigenvalue weighted by Crippen LogP contribution is 2.36. The van der Waals surface area contributed by atoms with Crippen LogP contribution in [0.15, 0.2) is 36.4 Å². The van der Waals surface area contributed by atoms with Gasteiger partial charge in [-0.2, -0.15) is 17.5 Å². The van der Waals surface area contributed by atoms with Crippen LogP contribution in [0, 0.1) is 5.82 Å². The first-order valence-corrected chi connectivity index (χ1v) is 14.8. The van der Waals surface area contributed by atoms with Gasteiger partial charge in [-0.1, -0.05) is 35.3 Å². The van der Waals surface area contributed by atoms with E-state index in [0.717, 1.165) is 12.1 Å². The van der Waals surface area contributed by atoms with Crippen molar-refractivity contribution in [2.24, 2.45) is 0 Å². The number of halogens is 6.